The maximum Gasteiger partial charge on any atom is 0.0600 e. The van der Waals surface area contributed by atoms with Crippen molar-refractivity contribution in [2.45, 2.75) is 77.5 Å². The van der Waals surface area contributed by atoms with E-state index in [1.165, 1.54) is 19.3 Å². The molecule has 2 atom stereocenters. The van der Waals surface area contributed by atoms with Crippen LogP contribution in [0.5, 0.6) is 0 Å². The van der Waals surface area contributed by atoms with Gasteiger partial charge in [0, 0.05) is 30.7 Å². The summed E-state index contributed by atoms with van der Waals surface area (Å²) in [6.45, 7) is 17.7. The van der Waals surface area contributed by atoms with Crippen LogP contribution in [0.4, 0.5) is 0 Å². The van der Waals surface area contributed by atoms with Gasteiger partial charge in [-0.15, -0.1) is 0 Å². The zero-order valence-corrected chi connectivity index (χ0v) is 14.4. The minimum atomic E-state index is -0.0297. The van der Waals surface area contributed by atoms with E-state index in [1.54, 1.807) is 0 Å². The number of piperazine rings is 1. The van der Waals surface area contributed by atoms with Crippen LogP contribution >= 0.6 is 0 Å². The summed E-state index contributed by atoms with van der Waals surface area (Å²) in [4.78, 5) is 2.70. The SMILES string of the molecule is CCC1(C)CN(CCOC(C)(C)C)C(C)(C2CC2)CN1. The predicted octanol–water partition coefficient (Wildman–Crippen LogP) is 3.04. The lowest BCUT2D eigenvalue weighted by molar-refractivity contribution is -0.0505. The Morgan fingerprint density at radius 2 is 1.90 bits per heavy atom. The third-order valence-corrected chi connectivity index (χ3v) is 5.27. The third-order valence-electron chi connectivity index (χ3n) is 5.27. The molecule has 0 spiro atoms. The second-order valence-electron chi connectivity index (χ2n) is 8.28. The van der Waals surface area contributed by atoms with Crippen molar-refractivity contribution in [1.29, 1.82) is 0 Å². The van der Waals surface area contributed by atoms with Crippen LogP contribution < -0.4 is 5.32 Å². The molecule has 1 N–H and O–H groups in total. The largest absolute Gasteiger partial charge is 0.375 e. The average Bonchev–Trinajstić information content (AvgIpc) is 3.17. The molecule has 0 aromatic rings. The van der Waals surface area contributed by atoms with Crippen molar-refractivity contribution in [2.75, 3.05) is 26.2 Å². The molecule has 2 fully saturated rings. The van der Waals surface area contributed by atoms with E-state index >= 15 is 0 Å². The number of nitrogens with zero attached hydrogens (tertiary/aromatic N) is 1. The van der Waals surface area contributed by atoms with Gasteiger partial charge < -0.3 is 10.1 Å². The summed E-state index contributed by atoms with van der Waals surface area (Å²) in [5.41, 5.74) is 0.560. The van der Waals surface area contributed by atoms with E-state index in [9.17, 15) is 0 Å². The Kier molecular flexibility index (Phi) is 4.54. The molecular formula is C17H34N2O. The van der Waals surface area contributed by atoms with Gasteiger partial charge in [0.2, 0.25) is 0 Å². The summed E-state index contributed by atoms with van der Waals surface area (Å²) >= 11 is 0. The predicted molar refractivity (Wildman–Crippen MR) is 85.1 cm³/mol. The van der Waals surface area contributed by atoms with E-state index < -0.39 is 0 Å². The quantitative estimate of drug-likeness (QED) is 0.839. The van der Waals surface area contributed by atoms with Crippen LogP contribution in [0.15, 0.2) is 0 Å². The molecule has 0 radical (unpaired) electrons. The standard InChI is InChI=1S/C17H34N2O/c1-7-16(5)13-19(10-11-20-15(2,3)4)17(6,12-18-16)14-8-9-14/h14,18H,7-13H2,1-6H3. The molecule has 2 unspecified atom stereocenters. The summed E-state index contributed by atoms with van der Waals surface area (Å²) in [5, 5.41) is 3.81. The molecule has 118 valence electrons. The van der Waals surface area contributed by atoms with Crippen molar-refractivity contribution in [3.05, 3.63) is 0 Å². The monoisotopic (exact) mass is 282 g/mol. The number of rotatable bonds is 5. The lowest BCUT2D eigenvalue weighted by Gasteiger charge is -2.53. The van der Waals surface area contributed by atoms with Crippen molar-refractivity contribution < 1.29 is 4.74 Å². The first kappa shape index (κ1) is 16.3. The van der Waals surface area contributed by atoms with Gasteiger partial charge in [-0.3, -0.25) is 4.90 Å². The first-order chi connectivity index (χ1) is 9.19. The molecule has 2 aliphatic rings. The van der Waals surface area contributed by atoms with Crippen LogP contribution in [0.1, 0.15) is 60.8 Å². The highest BCUT2D eigenvalue weighted by Crippen LogP contribution is 2.45. The van der Waals surface area contributed by atoms with E-state index in [1.807, 2.05) is 0 Å². The van der Waals surface area contributed by atoms with Crippen LogP contribution in [0, 0.1) is 5.92 Å². The fourth-order valence-electron chi connectivity index (χ4n) is 3.30. The Morgan fingerprint density at radius 1 is 1.25 bits per heavy atom. The Morgan fingerprint density at radius 3 is 2.40 bits per heavy atom. The Hall–Kier alpha value is -0.120. The topological polar surface area (TPSA) is 24.5 Å². The molecule has 0 amide bonds. The van der Waals surface area contributed by atoms with E-state index in [-0.39, 0.29) is 11.1 Å². The molecule has 0 aromatic heterocycles. The average molecular weight is 282 g/mol. The minimum absolute atomic E-state index is 0.0297. The molecule has 20 heavy (non-hydrogen) atoms. The smallest absolute Gasteiger partial charge is 0.0600 e. The highest BCUT2D eigenvalue weighted by molar-refractivity contribution is 5.07. The van der Waals surface area contributed by atoms with Gasteiger partial charge in [-0.25, -0.2) is 0 Å². The molecule has 1 saturated heterocycles. The third kappa shape index (κ3) is 3.75. The van der Waals surface area contributed by atoms with Crippen LogP contribution in [-0.4, -0.2) is 47.8 Å². The summed E-state index contributed by atoms with van der Waals surface area (Å²) in [6.07, 6.45) is 3.99. The summed E-state index contributed by atoms with van der Waals surface area (Å²) in [6, 6.07) is 0. The van der Waals surface area contributed by atoms with Crippen LogP contribution in [-0.2, 0) is 4.74 Å². The van der Waals surface area contributed by atoms with E-state index in [4.69, 9.17) is 4.74 Å². The molecule has 1 aliphatic heterocycles. The maximum absolute atomic E-state index is 5.97. The molecule has 1 heterocycles. The van der Waals surface area contributed by atoms with Crippen molar-refractivity contribution in [3.8, 4) is 0 Å². The zero-order valence-electron chi connectivity index (χ0n) is 14.4. The van der Waals surface area contributed by atoms with Gasteiger partial charge in [-0.2, -0.15) is 0 Å². The second-order valence-corrected chi connectivity index (χ2v) is 8.28. The molecule has 2 rings (SSSR count). The van der Waals surface area contributed by atoms with Crippen LogP contribution in [0.25, 0.3) is 0 Å². The van der Waals surface area contributed by atoms with Crippen molar-refractivity contribution in [3.63, 3.8) is 0 Å². The zero-order chi connectivity index (χ0) is 15.0. The Labute approximate surface area is 125 Å². The number of ether oxygens (including phenoxy) is 1. The van der Waals surface area contributed by atoms with Gasteiger partial charge in [0.1, 0.15) is 0 Å². The molecule has 0 aromatic carbocycles. The first-order valence-electron chi connectivity index (χ1n) is 8.33. The lowest BCUT2D eigenvalue weighted by atomic mass is 9.84. The first-order valence-corrected chi connectivity index (χ1v) is 8.33. The lowest BCUT2D eigenvalue weighted by Crippen LogP contribution is -2.69. The van der Waals surface area contributed by atoms with Gasteiger partial charge in [-0.1, -0.05) is 6.92 Å². The number of hydrogen-bond acceptors (Lipinski definition) is 3. The molecule has 3 nitrogen and oxygen atoms in total. The number of hydrogen-bond donors (Lipinski definition) is 1. The fourth-order valence-corrected chi connectivity index (χ4v) is 3.30. The summed E-state index contributed by atoms with van der Waals surface area (Å²) in [7, 11) is 0. The molecule has 0 bridgehead atoms. The highest BCUT2D eigenvalue weighted by Gasteiger charge is 2.50. The van der Waals surface area contributed by atoms with Gasteiger partial charge in [0.15, 0.2) is 0 Å². The van der Waals surface area contributed by atoms with Gasteiger partial charge in [0.25, 0.3) is 0 Å². The molecule has 3 heteroatoms. The Balaban J connectivity index is 1.99. The molecule has 1 saturated carbocycles. The second kappa shape index (κ2) is 5.58. The van der Waals surface area contributed by atoms with Crippen molar-refractivity contribution in [2.24, 2.45) is 5.92 Å². The van der Waals surface area contributed by atoms with Crippen LogP contribution in [0.3, 0.4) is 0 Å². The van der Waals surface area contributed by atoms with E-state index in [0.717, 1.165) is 32.2 Å². The van der Waals surface area contributed by atoms with Gasteiger partial charge in [-0.05, 0) is 59.8 Å². The minimum Gasteiger partial charge on any atom is -0.375 e. The van der Waals surface area contributed by atoms with E-state index in [2.05, 4.69) is 51.8 Å². The van der Waals surface area contributed by atoms with Gasteiger partial charge >= 0.3 is 0 Å². The molecule has 1 aliphatic carbocycles. The van der Waals surface area contributed by atoms with E-state index in [0.29, 0.717) is 5.54 Å². The fraction of sp³-hybridized carbons (Fsp3) is 1.00. The maximum atomic E-state index is 5.97. The summed E-state index contributed by atoms with van der Waals surface area (Å²) in [5.74, 6) is 0.881. The Bertz CT molecular complexity index is 334. The van der Waals surface area contributed by atoms with Crippen LogP contribution in [0.2, 0.25) is 0 Å². The van der Waals surface area contributed by atoms with Crippen molar-refractivity contribution >= 4 is 0 Å². The van der Waals surface area contributed by atoms with Crippen molar-refractivity contribution in [1.82, 2.24) is 10.2 Å². The van der Waals surface area contributed by atoms with Gasteiger partial charge in [0.05, 0.1) is 12.2 Å². The molecular weight excluding hydrogens is 248 g/mol. The highest BCUT2D eigenvalue weighted by atomic mass is 16.5. The normalized spacial score (nSPS) is 36.3. The summed E-state index contributed by atoms with van der Waals surface area (Å²) < 4.78 is 5.97. The number of nitrogens with one attached hydrogen (secondary N) is 1.